The van der Waals surface area contributed by atoms with Crippen LogP contribution in [0.5, 0.6) is 11.5 Å². The van der Waals surface area contributed by atoms with Crippen LogP contribution in [0.3, 0.4) is 0 Å². The number of fused-ring (bicyclic) bond motifs is 2. The molecule has 6 heteroatoms. The summed E-state index contributed by atoms with van der Waals surface area (Å²) in [7, 11) is 0. The lowest BCUT2D eigenvalue weighted by atomic mass is 9.91. The molecular formula is C18H22N4O2. The van der Waals surface area contributed by atoms with Gasteiger partial charge in [0.05, 0.1) is 11.9 Å². The molecule has 0 bridgehead atoms. The smallest absolute Gasteiger partial charge is 0.350 e. The zero-order valence-corrected chi connectivity index (χ0v) is 13.8. The van der Waals surface area contributed by atoms with Crippen LogP contribution in [0.4, 0.5) is 11.5 Å². The van der Waals surface area contributed by atoms with Crippen LogP contribution >= 0.6 is 0 Å². The van der Waals surface area contributed by atoms with Gasteiger partial charge in [-0.1, -0.05) is 13.0 Å². The lowest BCUT2D eigenvalue weighted by molar-refractivity contribution is 0.312. The van der Waals surface area contributed by atoms with Crippen molar-refractivity contribution in [2.45, 2.75) is 51.1 Å². The molecule has 1 aromatic heterocycles. The molecule has 2 heterocycles. The minimum Gasteiger partial charge on any atom is -0.450 e. The predicted octanol–water partition coefficient (Wildman–Crippen LogP) is 3.10. The first-order valence-electron chi connectivity index (χ1n) is 8.60. The van der Waals surface area contributed by atoms with Gasteiger partial charge in [-0.25, -0.2) is 4.79 Å². The van der Waals surface area contributed by atoms with Crippen LogP contribution in [-0.2, 0) is 6.42 Å². The van der Waals surface area contributed by atoms with Gasteiger partial charge >= 0.3 is 5.69 Å². The highest BCUT2D eigenvalue weighted by atomic mass is 16.5. The molecule has 0 amide bonds. The number of ether oxygens (including phenoxy) is 1. The fourth-order valence-corrected chi connectivity index (χ4v) is 3.49. The molecule has 0 saturated heterocycles. The first kappa shape index (κ1) is 15.2. The lowest BCUT2D eigenvalue weighted by Gasteiger charge is -2.28. The van der Waals surface area contributed by atoms with Crippen molar-refractivity contribution in [3.05, 3.63) is 40.4 Å². The molecule has 0 spiro atoms. The maximum atomic E-state index is 12.4. The van der Waals surface area contributed by atoms with Gasteiger partial charge in [-0.05, 0) is 49.8 Å². The maximum Gasteiger partial charge on any atom is 0.350 e. The van der Waals surface area contributed by atoms with Crippen molar-refractivity contribution in [3.63, 3.8) is 0 Å². The fourth-order valence-electron chi connectivity index (χ4n) is 3.49. The van der Waals surface area contributed by atoms with Gasteiger partial charge in [-0.3, -0.25) is 4.57 Å². The molecule has 6 nitrogen and oxygen atoms in total. The highest BCUT2D eigenvalue weighted by Crippen LogP contribution is 2.41. The van der Waals surface area contributed by atoms with Crippen LogP contribution in [-0.4, -0.2) is 15.6 Å². The second kappa shape index (κ2) is 5.94. The van der Waals surface area contributed by atoms with Gasteiger partial charge in [-0.15, -0.1) is 0 Å². The molecule has 1 aliphatic heterocycles. The van der Waals surface area contributed by atoms with Gasteiger partial charge in [0.15, 0.2) is 17.3 Å². The van der Waals surface area contributed by atoms with Gasteiger partial charge in [0.25, 0.3) is 0 Å². The fraction of sp³-hybridized carbons (Fsp3) is 0.444. The number of nitrogens with two attached hydrogens (primary N) is 1. The number of hydrogen-bond acceptors (Lipinski definition) is 5. The van der Waals surface area contributed by atoms with Crippen LogP contribution < -0.4 is 21.5 Å². The van der Waals surface area contributed by atoms with E-state index < -0.39 is 0 Å². The van der Waals surface area contributed by atoms with E-state index in [0.717, 1.165) is 43.5 Å². The SMILES string of the molecule is CCc1ccc2c(c1)Nc1nc(=O)n(C3CCC(N)CC3)cc1O2. The Bertz CT molecular complexity index is 822. The molecule has 0 radical (unpaired) electrons. The Hall–Kier alpha value is -2.34. The van der Waals surface area contributed by atoms with E-state index in [9.17, 15) is 4.79 Å². The number of nitrogens with zero attached hydrogens (tertiary/aromatic N) is 2. The van der Waals surface area contributed by atoms with Gasteiger partial charge < -0.3 is 15.8 Å². The van der Waals surface area contributed by atoms with Gasteiger partial charge in [0.1, 0.15) is 0 Å². The van der Waals surface area contributed by atoms with Crippen LogP contribution in [0.25, 0.3) is 0 Å². The van der Waals surface area contributed by atoms with E-state index in [-0.39, 0.29) is 17.8 Å². The molecule has 1 fully saturated rings. The number of aryl methyl sites for hydroxylation is 1. The van der Waals surface area contributed by atoms with E-state index in [1.807, 2.05) is 12.1 Å². The Labute approximate surface area is 140 Å². The normalized spacial score (nSPS) is 22.1. The van der Waals surface area contributed by atoms with Crippen LogP contribution in [0, 0.1) is 0 Å². The molecule has 3 N–H and O–H groups in total. The number of rotatable bonds is 2. The highest BCUT2D eigenvalue weighted by Gasteiger charge is 2.25. The second-order valence-electron chi connectivity index (χ2n) is 6.62. The predicted molar refractivity (Wildman–Crippen MR) is 93.2 cm³/mol. The number of benzene rings is 1. The summed E-state index contributed by atoms with van der Waals surface area (Å²) in [4.78, 5) is 16.6. The zero-order chi connectivity index (χ0) is 16.7. The minimum atomic E-state index is -0.236. The standard InChI is InChI=1S/C18H22N4O2/c1-2-11-3-8-15-14(9-11)20-17-16(24-15)10-22(18(23)21-17)13-6-4-12(19)5-7-13/h3,8-10,12-13H,2,4-7,19H2,1H3,(H,20,21,23). The third-order valence-electron chi connectivity index (χ3n) is 4.98. The van der Waals surface area contributed by atoms with Gasteiger partial charge in [-0.2, -0.15) is 4.98 Å². The first-order valence-corrected chi connectivity index (χ1v) is 8.60. The van der Waals surface area contributed by atoms with Crippen molar-refractivity contribution < 1.29 is 4.74 Å². The summed E-state index contributed by atoms with van der Waals surface area (Å²) >= 11 is 0. The largest absolute Gasteiger partial charge is 0.450 e. The minimum absolute atomic E-state index is 0.155. The van der Waals surface area contributed by atoms with E-state index in [4.69, 9.17) is 10.5 Å². The van der Waals surface area contributed by atoms with E-state index >= 15 is 0 Å². The molecule has 1 saturated carbocycles. The Morgan fingerprint density at radius 1 is 1.29 bits per heavy atom. The summed E-state index contributed by atoms with van der Waals surface area (Å²) in [6.07, 6.45) is 6.43. The number of anilines is 2. The molecule has 0 unspecified atom stereocenters. The second-order valence-corrected chi connectivity index (χ2v) is 6.62. The molecule has 2 aromatic rings. The quantitative estimate of drug-likeness (QED) is 0.756. The number of aromatic nitrogens is 2. The average molecular weight is 326 g/mol. The Morgan fingerprint density at radius 2 is 2.08 bits per heavy atom. The van der Waals surface area contributed by atoms with Gasteiger partial charge in [0.2, 0.25) is 0 Å². The zero-order valence-electron chi connectivity index (χ0n) is 13.8. The Balaban J connectivity index is 1.66. The van der Waals surface area contributed by atoms with Crippen molar-refractivity contribution in [1.29, 1.82) is 0 Å². The third-order valence-corrected chi connectivity index (χ3v) is 4.98. The maximum absolute atomic E-state index is 12.4. The van der Waals surface area contributed by atoms with E-state index in [2.05, 4.69) is 23.3 Å². The number of nitrogens with one attached hydrogen (secondary N) is 1. The summed E-state index contributed by atoms with van der Waals surface area (Å²) in [5.74, 6) is 1.85. The molecule has 0 atom stereocenters. The molecule has 1 aliphatic carbocycles. The highest BCUT2D eigenvalue weighted by molar-refractivity contribution is 5.72. The summed E-state index contributed by atoms with van der Waals surface area (Å²) in [5, 5.41) is 3.22. The molecular weight excluding hydrogens is 304 g/mol. The molecule has 24 heavy (non-hydrogen) atoms. The Kier molecular flexibility index (Phi) is 3.76. The number of hydrogen-bond donors (Lipinski definition) is 2. The van der Waals surface area contributed by atoms with Crippen LogP contribution in [0.1, 0.15) is 44.2 Å². The summed E-state index contributed by atoms with van der Waals surface area (Å²) in [5.41, 5.74) is 7.79. The average Bonchev–Trinajstić information content (AvgIpc) is 2.60. The Morgan fingerprint density at radius 3 is 2.83 bits per heavy atom. The van der Waals surface area contributed by atoms with Crippen molar-refractivity contribution in [2.24, 2.45) is 5.73 Å². The van der Waals surface area contributed by atoms with E-state index in [1.165, 1.54) is 5.56 Å². The van der Waals surface area contributed by atoms with Crippen molar-refractivity contribution in [1.82, 2.24) is 9.55 Å². The summed E-state index contributed by atoms with van der Waals surface area (Å²) < 4.78 is 7.68. The van der Waals surface area contributed by atoms with Crippen molar-refractivity contribution in [2.75, 3.05) is 5.32 Å². The van der Waals surface area contributed by atoms with Crippen LogP contribution in [0.15, 0.2) is 29.2 Å². The van der Waals surface area contributed by atoms with E-state index in [0.29, 0.717) is 11.6 Å². The monoisotopic (exact) mass is 326 g/mol. The lowest BCUT2D eigenvalue weighted by Crippen LogP contribution is -2.33. The summed E-state index contributed by atoms with van der Waals surface area (Å²) in [6, 6.07) is 6.45. The molecule has 1 aromatic carbocycles. The van der Waals surface area contributed by atoms with Crippen molar-refractivity contribution >= 4 is 11.5 Å². The summed E-state index contributed by atoms with van der Waals surface area (Å²) in [6.45, 7) is 2.10. The molecule has 126 valence electrons. The molecule has 2 aliphatic rings. The van der Waals surface area contributed by atoms with Gasteiger partial charge in [0, 0.05) is 12.1 Å². The third kappa shape index (κ3) is 2.67. The first-order chi connectivity index (χ1) is 11.6. The van der Waals surface area contributed by atoms with Crippen molar-refractivity contribution in [3.8, 4) is 11.5 Å². The topological polar surface area (TPSA) is 82.2 Å². The van der Waals surface area contributed by atoms with Crippen LogP contribution in [0.2, 0.25) is 0 Å². The molecule has 4 rings (SSSR count). The van der Waals surface area contributed by atoms with E-state index in [1.54, 1.807) is 10.8 Å².